The van der Waals surface area contributed by atoms with Crippen LogP contribution in [0.2, 0.25) is 0 Å². The van der Waals surface area contributed by atoms with Crippen LogP contribution < -0.4 is 118 Å². The number of aliphatic carboxylic acids is 1. The summed E-state index contributed by atoms with van der Waals surface area (Å²) in [5.41, 5.74) is 17.8. The van der Waals surface area contributed by atoms with Crippen molar-refractivity contribution in [2.45, 2.75) is 242 Å². The van der Waals surface area contributed by atoms with Crippen LogP contribution in [0.1, 0.15) is 133 Å². The Morgan fingerprint density at radius 3 is 1.17 bits per heavy atom. The molecule has 0 aliphatic heterocycles. The van der Waals surface area contributed by atoms with Gasteiger partial charge in [0.15, 0.2) is 5.96 Å². The number of hydrogen-bond donors (Lipinski definition) is 31. The Kier molecular flexibility index (Phi) is 58.1. The molecule has 0 spiro atoms. The highest BCUT2D eigenvalue weighted by molar-refractivity contribution is 7.99. The average Bonchev–Trinajstić information content (AvgIpc) is 1.69. The molecule has 0 unspecified atom stereocenters. The highest BCUT2D eigenvalue weighted by Gasteiger charge is 2.40. The number of amides is 19. The van der Waals surface area contributed by atoms with Crippen LogP contribution in [0, 0.1) is 29.1 Å². The number of carbonyl (C=O) groups excluding carboxylic acids is 19. The lowest BCUT2D eigenvalue weighted by Crippen LogP contribution is -2.62. The van der Waals surface area contributed by atoms with E-state index in [2.05, 4.69) is 131 Å². The summed E-state index contributed by atoms with van der Waals surface area (Å²) in [4.78, 5) is 277. The van der Waals surface area contributed by atoms with Gasteiger partial charge in [-0.1, -0.05) is 73.6 Å². The number of aromatic amines is 1. The van der Waals surface area contributed by atoms with Gasteiger partial charge in [-0.2, -0.15) is 60.5 Å². The first-order valence-electron chi connectivity index (χ1n) is 45.0. The van der Waals surface area contributed by atoms with Gasteiger partial charge in [-0.05, 0) is 137 Å². The Bertz CT molecular complexity index is 4460. The smallest absolute Gasteiger partial charge is 0.325 e. The zero-order chi connectivity index (χ0) is 105. The molecule has 0 saturated carbocycles. The fraction of sp³-hybridized carbons (Fsp3) is 0.659. The SMILES string of the molecule is CSCC[C@H](NC(=O)CNC(=O)[C@H](CC(C)C)NC(=O)[C@H](CO)NC(=O)[C@@H](N)CCSC)C(=O)N[C@H](C(=O)N[C@@H](CS)C(=O)N[C@@H](Cc1c[nH]c2ccccc12)C(=O)N[C@@H](C)C(=O)N[C@H](C(=O)N[C@@H](CCSC)C(=O)N[C@@H](CO)C(=O)N[C@@H](CO)C(=O)N[C@@H](CCCNC(=N)N)C(=O)N[C@@H](CO)C(=O)N[C@@H](CC(C)C)C(=O)N[C@@H](CS)C(=O)N[C@@H](CCC(N)=O)C(=O)N[C@@H](C)C(=O)O)C(C)C)C(C)C. The third kappa shape index (κ3) is 45.0. The van der Waals surface area contributed by atoms with Gasteiger partial charge in [0.2, 0.25) is 112 Å². The van der Waals surface area contributed by atoms with E-state index in [1.54, 1.807) is 98.4 Å². The summed E-state index contributed by atoms with van der Waals surface area (Å²) in [5, 5.41) is 106. The number of guanidine groups is 1. The first-order valence-corrected chi connectivity index (χ1v) is 50.4. The molecule has 782 valence electrons. The van der Waals surface area contributed by atoms with E-state index in [9.17, 15) is 121 Å². The molecule has 0 bridgehead atoms. The fourth-order valence-corrected chi connectivity index (χ4v) is 15.1. The second-order valence-corrected chi connectivity index (χ2v) is 37.9. The van der Waals surface area contributed by atoms with Crippen LogP contribution in [-0.2, 0) is 102 Å². The van der Waals surface area contributed by atoms with Gasteiger partial charge in [0.05, 0.1) is 39.0 Å². The van der Waals surface area contributed by atoms with E-state index in [1.807, 2.05) is 6.26 Å². The number of fused-ring (bicyclic) bond motifs is 1. The van der Waals surface area contributed by atoms with Gasteiger partial charge in [0.25, 0.3) is 0 Å². The number of nitrogens with one attached hydrogen (secondary N) is 21. The van der Waals surface area contributed by atoms with Crippen molar-refractivity contribution in [1.82, 2.24) is 106 Å². The molecule has 1 aromatic heterocycles. The number of hydrogen-bond acceptors (Lipinski definition) is 31. The normalized spacial score (nSPS) is 15.2. The monoisotopic (exact) mass is 2060 g/mol. The number of nitrogens with two attached hydrogens (primary N) is 3. The van der Waals surface area contributed by atoms with Crippen molar-refractivity contribution in [3.05, 3.63) is 36.0 Å². The van der Waals surface area contributed by atoms with E-state index >= 15 is 0 Å². The Morgan fingerprint density at radius 1 is 0.388 bits per heavy atom. The molecule has 54 heteroatoms. The summed E-state index contributed by atoms with van der Waals surface area (Å²) in [6.07, 6.45) is 5.53. The number of H-pyrrole nitrogens is 1. The molecule has 0 aliphatic carbocycles. The van der Waals surface area contributed by atoms with E-state index in [1.165, 1.54) is 42.2 Å². The Balaban J connectivity index is 2.38. The maximum Gasteiger partial charge on any atom is 0.325 e. The predicted octanol–water partition coefficient (Wildman–Crippen LogP) is -8.46. The van der Waals surface area contributed by atoms with Gasteiger partial charge in [-0.25, -0.2) is 0 Å². The predicted molar refractivity (Wildman–Crippen MR) is 526 cm³/mol. The second-order valence-electron chi connectivity index (χ2n) is 34.2. The summed E-state index contributed by atoms with van der Waals surface area (Å²) in [6, 6.07) is -20.4. The van der Waals surface area contributed by atoms with Crippen molar-refractivity contribution >= 4 is 196 Å². The van der Waals surface area contributed by atoms with Crippen molar-refractivity contribution in [2.24, 2.45) is 40.9 Å². The van der Waals surface area contributed by atoms with Crippen molar-refractivity contribution in [3.8, 4) is 0 Å². The lowest BCUT2D eigenvalue weighted by Gasteiger charge is -2.29. The molecule has 0 aliphatic rings. The van der Waals surface area contributed by atoms with Gasteiger partial charge in [0, 0.05) is 48.0 Å². The Hall–Kier alpha value is -11.0. The summed E-state index contributed by atoms with van der Waals surface area (Å²) in [7, 11) is 0. The standard InChI is InChI=1S/C85H142N24O25S5/c1-40(2)29-54(99-77(126)57(34-110)102-68(117)48(86)22-26-137-11)69(118)92-33-64(115)95-52(23-27-138-12)73(122)109-66(43(7)8)83(132)107-62(39-136)81(130)101-56(31-46-32-91-49-18-15-14-17-47(46)49)74(123)93-44(9)67(116)108-65(42(5)6)82(131)98-53(24-28-139-13)72(121)104-60(37-113)79(128)105-58(35-111)76(125)96-50(19-16-25-90-85(88)89)71(120)103-59(36-112)78(127)100-55(30-41(3)4)75(124)106-61(38-135)80(129)97-51(20-21-63(87)114)70(119)94-45(10)84(133)134/h14-15,17-18,32,40-45,48,50-62,65-66,91,110-113,135-136H,16,19-31,33-39,86H2,1-13H3,(H2,87,114)(H,92,118)(H,93,123)(H,94,119)(H,95,115)(H,96,125)(H,97,129)(H,98,131)(H,99,126)(H,100,127)(H,101,130)(H,102,117)(H,103,120)(H,104,121)(H,105,128)(H,106,124)(H,107,132)(H,108,116)(H,109,122)(H,133,134)(H4,88,89,90)/t44-,45-,48-,50-,51-,52-,53-,54-,55-,56-,57-,58-,59-,60-,61-,62-,65-,66-/m0/s1. The number of aliphatic hydroxyl groups is 4. The number of aliphatic hydroxyl groups excluding tert-OH is 4. The van der Waals surface area contributed by atoms with Crippen molar-refractivity contribution in [3.63, 3.8) is 0 Å². The number of primary amides is 1. The first kappa shape index (κ1) is 124. The number of rotatable bonds is 67. The minimum atomic E-state index is -1.98. The molecule has 0 radical (unpaired) electrons. The zero-order valence-corrected chi connectivity index (χ0v) is 84.4. The van der Waals surface area contributed by atoms with Crippen LogP contribution in [0.15, 0.2) is 30.5 Å². The second kappa shape index (κ2) is 65.1. The van der Waals surface area contributed by atoms with Gasteiger partial charge in [-0.3, -0.25) is 101 Å². The quantitative estimate of drug-likeness (QED) is 0.0127. The van der Waals surface area contributed by atoms with Crippen LogP contribution in [-0.4, -0.2) is 350 Å². The van der Waals surface area contributed by atoms with E-state index in [4.69, 9.17) is 22.6 Å². The highest BCUT2D eigenvalue weighted by atomic mass is 32.2. The molecule has 1 aromatic carbocycles. The van der Waals surface area contributed by atoms with Gasteiger partial charge < -0.3 is 149 Å². The van der Waals surface area contributed by atoms with Gasteiger partial charge in [0.1, 0.15) is 103 Å². The third-order valence-corrected chi connectivity index (χ3v) is 23.8. The number of benzene rings is 1. The molecular weight excluding hydrogens is 1920 g/mol. The molecule has 19 amide bonds. The van der Waals surface area contributed by atoms with Crippen LogP contribution >= 0.6 is 60.5 Å². The molecule has 139 heavy (non-hydrogen) atoms. The molecule has 0 fully saturated rings. The van der Waals surface area contributed by atoms with Crippen molar-refractivity contribution in [2.75, 3.05) is 87.0 Å². The molecular formula is C85H142N24O25S5. The number of para-hydroxylation sites is 1. The van der Waals surface area contributed by atoms with E-state index < -0.39 is 290 Å². The molecule has 49 nitrogen and oxygen atoms in total. The Morgan fingerprint density at radius 2 is 0.734 bits per heavy atom. The lowest BCUT2D eigenvalue weighted by atomic mass is 10.0. The van der Waals surface area contributed by atoms with Gasteiger partial charge >= 0.3 is 5.97 Å². The lowest BCUT2D eigenvalue weighted by molar-refractivity contribution is -0.142. The fourth-order valence-electron chi connectivity index (χ4n) is 13.2. The highest BCUT2D eigenvalue weighted by Crippen LogP contribution is 2.21. The number of carboxylic acid groups (broad SMARTS) is 1. The summed E-state index contributed by atoms with van der Waals surface area (Å²) >= 11 is 12.5. The average molecular weight is 2060 g/mol. The van der Waals surface area contributed by atoms with Crippen LogP contribution in [0.5, 0.6) is 0 Å². The minimum Gasteiger partial charge on any atom is -0.480 e. The summed E-state index contributed by atoms with van der Waals surface area (Å²) in [6.45, 7) is 10.4. The first-order chi connectivity index (χ1) is 65.5. The molecule has 32 N–H and O–H groups in total. The number of thiol groups is 2. The molecule has 2 rings (SSSR count). The van der Waals surface area contributed by atoms with Crippen LogP contribution in [0.25, 0.3) is 10.9 Å². The van der Waals surface area contributed by atoms with E-state index in [-0.39, 0.29) is 81.3 Å². The molecule has 2 aromatic rings. The topological polar surface area (TPSA) is 789 Å². The summed E-state index contributed by atoms with van der Waals surface area (Å²) < 4.78 is 0. The maximum absolute atomic E-state index is 14.7. The van der Waals surface area contributed by atoms with Gasteiger partial charge in [-0.15, -0.1) is 0 Å². The number of carbonyl (C=O) groups is 20. The largest absolute Gasteiger partial charge is 0.480 e. The zero-order valence-electron chi connectivity index (χ0n) is 80.2. The molecule has 1 heterocycles. The third-order valence-electron chi connectivity index (χ3n) is 21.1. The number of carboxylic acids is 1. The molecule has 18 atom stereocenters. The number of thioether (sulfide) groups is 3. The van der Waals surface area contributed by atoms with E-state index in [0.29, 0.717) is 34.4 Å². The van der Waals surface area contributed by atoms with Crippen LogP contribution in [0.3, 0.4) is 0 Å². The van der Waals surface area contributed by atoms with E-state index in [0.717, 1.165) is 6.92 Å². The maximum atomic E-state index is 14.7. The minimum absolute atomic E-state index is 0.0292. The molecule has 0 saturated heterocycles. The number of aromatic nitrogens is 1. The van der Waals surface area contributed by atoms with Crippen LogP contribution in [0.4, 0.5) is 0 Å². The van der Waals surface area contributed by atoms with Crippen molar-refractivity contribution in [1.29, 1.82) is 5.41 Å². The summed E-state index contributed by atoms with van der Waals surface area (Å²) in [5.74, 6) is -22.3. The Labute approximate surface area is 829 Å². The van der Waals surface area contributed by atoms with Crippen molar-refractivity contribution < 1.29 is 121 Å².